The predicted octanol–water partition coefficient (Wildman–Crippen LogP) is 2.56. The maximum Gasteiger partial charge on any atom is 0.118 e. The fraction of sp³-hybridized carbons (Fsp3) is 0.455. The highest BCUT2D eigenvalue weighted by molar-refractivity contribution is 5.27. The van der Waals surface area contributed by atoms with Gasteiger partial charge in [-0.1, -0.05) is 42.5 Å². The van der Waals surface area contributed by atoms with E-state index >= 15 is 0 Å². The molecular weight excluding hydrogens is 324 g/mol. The summed E-state index contributed by atoms with van der Waals surface area (Å²) < 4.78 is 5.28. The van der Waals surface area contributed by atoms with Gasteiger partial charge in [-0.15, -0.1) is 0 Å². The standard InChI is InChI=1S/C22H28N2O2/c1-26-22-9-7-18(8-10-22)13-23-15-20-12-21(25)16-24(20)14-19(23)11-17-5-3-2-4-6-17/h2-10,19-21,25H,11-16H2,1H3/t19-,20+,21-/m1/s1. The minimum atomic E-state index is -0.168. The molecule has 0 aliphatic carbocycles. The van der Waals surface area contributed by atoms with Crippen molar-refractivity contribution in [1.82, 2.24) is 9.80 Å². The van der Waals surface area contributed by atoms with Crippen LogP contribution >= 0.6 is 0 Å². The van der Waals surface area contributed by atoms with Crippen LogP contribution in [0.4, 0.5) is 0 Å². The summed E-state index contributed by atoms with van der Waals surface area (Å²) >= 11 is 0. The van der Waals surface area contributed by atoms with Crippen molar-refractivity contribution < 1.29 is 9.84 Å². The molecule has 0 bridgehead atoms. The Balaban J connectivity index is 1.51. The molecule has 2 fully saturated rings. The second-order valence-electron chi connectivity index (χ2n) is 7.62. The summed E-state index contributed by atoms with van der Waals surface area (Å²) in [6.45, 7) is 3.83. The van der Waals surface area contributed by atoms with Gasteiger partial charge in [0.05, 0.1) is 13.2 Å². The normalized spacial score (nSPS) is 26.6. The number of piperazine rings is 1. The Hall–Kier alpha value is -1.88. The summed E-state index contributed by atoms with van der Waals surface area (Å²) in [7, 11) is 1.70. The molecule has 0 spiro atoms. The number of methoxy groups -OCH3 is 1. The van der Waals surface area contributed by atoms with E-state index in [1.807, 2.05) is 12.1 Å². The number of rotatable bonds is 5. The van der Waals surface area contributed by atoms with Crippen molar-refractivity contribution >= 4 is 0 Å². The Morgan fingerprint density at radius 1 is 0.962 bits per heavy atom. The molecule has 4 nitrogen and oxygen atoms in total. The maximum absolute atomic E-state index is 10.1. The van der Waals surface area contributed by atoms with Crippen LogP contribution in [0.15, 0.2) is 54.6 Å². The maximum atomic E-state index is 10.1. The molecule has 4 heteroatoms. The van der Waals surface area contributed by atoms with E-state index < -0.39 is 0 Å². The van der Waals surface area contributed by atoms with Gasteiger partial charge in [-0.2, -0.15) is 0 Å². The molecule has 2 saturated heterocycles. The SMILES string of the molecule is COc1ccc(CN2C[C@@H]3C[C@@H](O)CN3C[C@H]2Cc2ccccc2)cc1. The smallest absolute Gasteiger partial charge is 0.118 e. The number of ether oxygens (including phenoxy) is 1. The molecule has 26 heavy (non-hydrogen) atoms. The number of aliphatic hydroxyl groups excluding tert-OH is 1. The molecule has 0 amide bonds. The van der Waals surface area contributed by atoms with Crippen molar-refractivity contribution in [3.8, 4) is 5.75 Å². The monoisotopic (exact) mass is 352 g/mol. The van der Waals surface area contributed by atoms with E-state index in [4.69, 9.17) is 4.74 Å². The minimum Gasteiger partial charge on any atom is -0.497 e. The van der Waals surface area contributed by atoms with Gasteiger partial charge in [-0.05, 0) is 36.1 Å². The predicted molar refractivity (Wildman–Crippen MR) is 103 cm³/mol. The molecule has 138 valence electrons. The van der Waals surface area contributed by atoms with Crippen molar-refractivity contribution in [3.05, 3.63) is 65.7 Å². The molecule has 0 aromatic heterocycles. The van der Waals surface area contributed by atoms with Gasteiger partial charge in [-0.25, -0.2) is 0 Å². The van der Waals surface area contributed by atoms with Crippen molar-refractivity contribution in [2.45, 2.75) is 37.6 Å². The van der Waals surface area contributed by atoms with Crippen LogP contribution < -0.4 is 4.74 Å². The number of hydrogen-bond donors (Lipinski definition) is 1. The first kappa shape index (κ1) is 17.5. The fourth-order valence-electron chi connectivity index (χ4n) is 4.42. The third kappa shape index (κ3) is 3.93. The summed E-state index contributed by atoms with van der Waals surface area (Å²) in [6, 6.07) is 20.1. The van der Waals surface area contributed by atoms with Crippen LogP contribution in [0.1, 0.15) is 17.5 Å². The van der Waals surface area contributed by atoms with Crippen molar-refractivity contribution in [3.63, 3.8) is 0 Å². The van der Waals surface area contributed by atoms with Crippen LogP contribution in [0.3, 0.4) is 0 Å². The van der Waals surface area contributed by atoms with Gasteiger partial charge in [0.25, 0.3) is 0 Å². The Morgan fingerprint density at radius 3 is 2.46 bits per heavy atom. The number of hydrogen-bond acceptors (Lipinski definition) is 4. The summed E-state index contributed by atoms with van der Waals surface area (Å²) in [5.41, 5.74) is 2.70. The van der Waals surface area contributed by atoms with Gasteiger partial charge in [0.2, 0.25) is 0 Å². The Morgan fingerprint density at radius 2 is 1.73 bits per heavy atom. The Labute approximate surface area is 156 Å². The molecule has 3 atom stereocenters. The highest BCUT2D eigenvalue weighted by atomic mass is 16.5. The third-order valence-electron chi connectivity index (χ3n) is 5.77. The second-order valence-corrected chi connectivity index (χ2v) is 7.62. The van der Waals surface area contributed by atoms with E-state index in [1.165, 1.54) is 11.1 Å². The van der Waals surface area contributed by atoms with E-state index in [1.54, 1.807) is 7.11 Å². The van der Waals surface area contributed by atoms with Crippen molar-refractivity contribution in [2.24, 2.45) is 0 Å². The van der Waals surface area contributed by atoms with E-state index in [2.05, 4.69) is 52.3 Å². The lowest BCUT2D eigenvalue weighted by Crippen LogP contribution is -2.56. The summed E-state index contributed by atoms with van der Waals surface area (Å²) in [4.78, 5) is 5.09. The largest absolute Gasteiger partial charge is 0.497 e. The van der Waals surface area contributed by atoms with Crippen LogP contribution in [0.25, 0.3) is 0 Å². The molecule has 4 rings (SSSR count). The Kier molecular flexibility index (Phi) is 5.25. The van der Waals surface area contributed by atoms with E-state index in [-0.39, 0.29) is 6.10 Å². The topological polar surface area (TPSA) is 35.9 Å². The van der Waals surface area contributed by atoms with Crippen LogP contribution in [0.5, 0.6) is 5.75 Å². The minimum absolute atomic E-state index is 0.168. The van der Waals surface area contributed by atoms with Crippen LogP contribution in [-0.4, -0.2) is 59.8 Å². The number of benzene rings is 2. The second kappa shape index (κ2) is 7.78. The zero-order valence-electron chi connectivity index (χ0n) is 15.4. The molecular formula is C22H28N2O2. The molecule has 2 aromatic rings. The van der Waals surface area contributed by atoms with Crippen LogP contribution in [-0.2, 0) is 13.0 Å². The first-order valence-electron chi connectivity index (χ1n) is 9.54. The van der Waals surface area contributed by atoms with Gasteiger partial charge < -0.3 is 9.84 Å². The highest BCUT2D eigenvalue weighted by Crippen LogP contribution is 2.28. The van der Waals surface area contributed by atoms with Crippen LogP contribution in [0.2, 0.25) is 0 Å². The lowest BCUT2D eigenvalue weighted by Gasteiger charge is -2.44. The van der Waals surface area contributed by atoms with E-state index in [0.717, 1.165) is 44.8 Å². The molecule has 2 aliphatic heterocycles. The van der Waals surface area contributed by atoms with Crippen molar-refractivity contribution in [2.75, 3.05) is 26.7 Å². The average molecular weight is 352 g/mol. The number of fused-ring (bicyclic) bond motifs is 1. The first-order valence-corrected chi connectivity index (χ1v) is 9.54. The molecule has 2 heterocycles. The van der Waals surface area contributed by atoms with Gasteiger partial charge in [0.1, 0.15) is 5.75 Å². The summed E-state index contributed by atoms with van der Waals surface area (Å²) in [6.07, 6.45) is 1.78. The third-order valence-corrected chi connectivity index (χ3v) is 5.77. The van der Waals surface area contributed by atoms with Gasteiger partial charge in [-0.3, -0.25) is 9.80 Å². The molecule has 0 saturated carbocycles. The average Bonchev–Trinajstić information content (AvgIpc) is 3.02. The van der Waals surface area contributed by atoms with E-state index in [0.29, 0.717) is 12.1 Å². The zero-order valence-corrected chi connectivity index (χ0v) is 15.4. The quantitative estimate of drug-likeness (QED) is 0.897. The lowest BCUT2D eigenvalue weighted by atomic mass is 9.99. The molecule has 2 aliphatic rings. The summed E-state index contributed by atoms with van der Waals surface area (Å²) in [5, 5.41) is 10.1. The molecule has 0 radical (unpaired) electrons. The van der Waals surface area contributed by atoms with E-state index in [9.17, 15) is 5.11 Å². The van der Waals surface area contributed by atoms with Crippen LogP contribution in [0, 0.1) is 0 Å². The summed E-state index contributed by atoms with van der Waals surface area (Å²) in [5.74, 6) is 0.901. The highest BCUT2D eigenvalue weighted by Gasteiger charge is 2.39. The molecule has 2 aromatic carbocycles. The van der Waals surface area contributed by atoms with Crippen molar-refractivity contribution in [1.29, 1.82) is 0 Å². The lowest BCUT2D eigenvalue weighted by molar-refractivity contribution is 0.0445. The molecule has 1 N–H and O–H groups in total. The van der Waals surface area contributed by atoms with Gasteiger partial charge in [0.15, 0.2) is 0 Å². The number of aliphatic hydroxyl groups is 1. The van der Waals surface area contributed by atoms with Gasteiger partial charge >= 0.3 is 0 Å². The molecule has 0 unspecified atom stereocenters. The Bertz CT molecular complexity index is 704. The fourth-order valence-corrected chi connectivity index (χ4v) is 4.42. The zero-order chi connectivity index (χ0) is 17.9. The first-order chi connectivity index (χ1) is 12.7. The number of nitrogens with zero attached hydrogens (tertiary/aromatic N) is 2. The van der Waals surface area contributed by atoms with Gasteiger partial charge in [0, 0.05) is 38.3 Å².